The van der Waals surface area contributed by atoms with E-state index in [-0.39, 0.29) is 6.04 Å². The Balaban J connectivity index is 1.80. The molecular formula is C20H23N3O4. The highest BCUT2D eigenvalue weighted by Crippen LogP contribution is 2.30. The Labute approximate surface area is 157 Å². The molecule has 1 aliphatic rings. The number of imide groups is 1. The highest BCUT2D eigenvalue weighted by Gasteiger charge is 2.27. The maximum absolute atomic E-state index is 12.9. The molecule has 0 aliphatic heterocycles. The summed E-state index contributed by atoms with van der Waals surface area (Å²) in [4.78, 5) is 41.3. The number of aromatic nitrogens is 1. The lowest BCUT2D eigenvalue weighted by molar-refractivity contribution is -0.127. The number of nitrogens with one attached hydrogen (secondary N) is 2. The van der Waals surface area contributed by atoms with Crippen molar-refractivity contribution in [3.8, 4) is 0 Å². The fourth-order valence-electron chi connectivity index (χ4n) is 3.23. The number of carbonyl (C=O) groups excluding carboxylic acids is 3. The van der Waals surface area contributed by atoms with Crippen molar-refractivity contribution < 1.29 is 19.1 Å². The van der Waals surface area contributed by atoms with Crippen LogP contribution in [0.3, 0.4) is 0 Å². The molecule has 1 aliphatic carbocycles. The van der Waals surface area contributed by atoms with Crippen LogP contribution in [-0.4, -0.2) is 35.0 Å². The minimum Gasteiger partial charge on any atom is -0.449 e. The van der Waals surface area contributed by atoms with Gasteiger partial charge in [-0.1, -0.05) is 18.2 Å². The number of benzene rings is 1. The summed E-state index contributed by atoms with van der Waals surface area (Å²) >= 11 is 0. The van der Waals surface area contributed by atoms with Crippen LogP contribution in [-0.2, 0) is 22.4 Å². The molecule has 142 valence electrons. The highest BCUT2D eigenvalue weighted by molar-refractivity contribution is 6.06. The summed E-state index contributed by atoms with van der Waals surface area (Å²) < 4.78 is 5.38. The van der Waals surface area contributed by atoms with Gasteiger partial charge in [-0.2, -0.15) is 0 Å². The first-order chi connectivity index (χ1) is 12.9. The zero-order chi connectivity index (χ0) is 19.6. The third-order valence-electron chi connectivity index (χ3n) is 4.43. The summed E-state index contributed by atoms with van der Waals surface area (Å²) in [7, 11) is 0. The molecule has 0 radical (unpaired) electrons. The normalized spacial score (nSPS) is 13.9. The van der Waals surface area contributed by atoms with Crippen molar-refractivity contribution in [2.45, 2.75) is 52.2 Å². The van der Waals surface area contributed by atoms with Gasteiger partial charge in [0, 0.05) is 17.1 Å². The molecule has 3 rings (SSSR count). The highest BCUT2D eigenvalue weighted by atomic mass is 16.5. The lowest BCUT2D eigenvalue weighted by Crippen LogP contribution is -2.46. The van der Waals surface area contributed by atoms with E-state index in [9.17, 15) is 14.4 Å². The van der Waals surface area contributed by atoms with Crippen molar-refractivity contribution in [3.63, 3.8) is 0 Å². The van der Waals surface area contributed by atoms with Gasteiger partial charge in [-0.05, 0) is 51.7 Å². The minimum atomic E-state index is -1.10. The molecule has 27 heavy (non-hydrogen) atoms. The van der Waals surface area contributed by atoms with Crippen LogP contribution in [0.15, 0.2) is 24.3 Å². The summed E-state index contributed by atoms with van der Waals surface area (Å²) in [5, 5.41) is 5.45. The fourth-order valence-corrected chi connectivity index (χ4v) is 3.23. The van der Waals surface area contributed by atoms with Crippen LogP contribution in [0, 0.1) is 0 Å². The molecule has 0 saturated heterocycles. The lowest BCUT2D eigenvalue weighted by Gasteiger charge is -2.16. The zero-order valence-corrected chi connectivity index (χ0v) is 15.7. The number of para-hydroxylation sites is 1. The number of rotatable bonds is 4. The first-order valence-electron chi connectivity index (χ1n) is 9.09. The third kappa shape index (κ3) is 4.07. The molecule has 0 unspecified atom stereocenters. The van der Waals surface area contributed by atoms with Gasteiger partial charge >= 0.3 is 12.0 Å². The maximum atomic E-state index is 12.9. The minimum absolute atomic E-state index is 0.110. The molecular weight excluding hydrogens is 346 g/mol. The van der Waals surface area contributed by atoms with E-state index in [2.05, 4.69) is 15.6 Å². The van der Waals surface area contributed by atoms with Crippen molar-refractivity contribution in [2.24, 2.45) is 0 Å². The number of aryl methyl sites for hydroxylation is 1. The van der Waals surface area contributed by atoms with Gasteiger partial charge in [-0.3, -0.25) is 15.1 Å². The van der Waals surface area contributed by atoms with Crippen molar-refractivity contribution in [2.75, 3.05) is 0 Å². The molecule has 7 nitrogen and oxygen atoms in total. The van der Waals surface area contributed by atoms with E-state index in [1.54, 1.807) is 13.8 Å². The van der Waals surface area contributed by atoms with Crippen molar-refractivity contribution in [3.05, 3.63) is 41.1 Å². The van der Waals surface area contributed by atoms with Crippen molar-refractivity contribution >= 4 is 28.8 Å². The van der Waals surface area contributed by atoms with Gasteiger partial charge < -0.3 is 10.1 Å². The summed E-state index contributed by atoms with van der Waals surface area (Å²) in [5.41, 5.74) is 3.01. The Kier molecular flexibility index (Phi) is 5.39. The van der Waals surface area contributed by atoms with Gasteiger partial charge in [0.2, 0.25) is 0 Å². The molecule has 1 aromatic carbocycles. The van der Waals surface area contributed by atoms with Gasteiger partial charge in [-0.15, -0.1) is 0 Å². The predicted molar refractivity (Wildman–Crippen MR) is 100 cm³/mol. The summed E-state index contributed by atoms with van der Waals surface area (Å²) in [6.45, 7) is 5.00. The summed E-state index contributed by atoms with van der Waals surface area (Å²) in [6, 6.07) is 6.67. The number of carbonyl (C=O) groups is 3. The molecule has 1 heterocycles. The Morgan fingerprint density at radius 1 is 1.11 bits per heavy atom. The summed E-state index contributed by atoms with van der Waals surface area (Å²) in [5.74, 6) is -1.24. The van der Waals surface area contributed by atoms with E-state index in [1.807, 2.05) is 24.3 Å². The molecule has 2 N–H and O–H groups in total. The number of urea groups is 1. The Hall–Kier alpha value is -2.96. The van der Waals surface area contributed by atoms with Crippen LogP contribution in [0.5, 0.6) is 0 Å². The lowest BCUT2D eigenvalue weighted by atomic mass is 10.0. The van der Waals surface area contributed by atoms with Crippen molar-refractivity contribution in [1.29, 1.82) is 0 Å². The molecule has 1 atom stereocenters. The number of ether oxygens (including phenoxy) is 1. The topological polar surface area (TPSA) is 97.4 Å². The second kappa shape index (κ2) is 7.73. The Morgan fingerprint density at radius 3 is 2.59 bits per heavy atom. The average molecular weight is 369 g/mol. The second-order valence-corrected chi connectivity index (χ2v) is 6.95. The number of pyridine rings is 1. The maximum Gasteiger partial charge on any atom is 0.339 e. The molecule has 0 spiro atoms. The van der Waals surface area contributed by atoms with Gasteiger partial charge in [-0.25, -0.2) is 9.59 Å². The van der Waals surface area contributed by atoms with Crippen LogP contribution in [0.25, 0.3) is 10.9 Å². The number of nitrogens with zero attached hydrogens (tertiary/aromatic N) is 1. The second-order valence-electron chi connectivity index (χ2n) is 6.95. The summed E-state index contributed by atoms with van der Waals surface area (Å²) in [6.07, 6.45) is 1.42. The largest absolute Gasteiger partial charge is 0.449 e. The smallest absolute Gasteiger partial charge is 0.339 e. The number of amides is 3. The SMILES string of the molecule is CC(C)NC(=O)NC(=O)[C@@H](C)OC(=O)c1c2c(nc3ccccc13)CCC2. The molecule has 2 aromatic rings. The van der Waals surface area contributed by atoms with E-state index in [0.717, 1.165) is 36.0 Å². The van der Waals surface area contributed by atoms with Crippen LogP contribution in [0.4, 0.5) is 4.79 Å². The Morgan fingerprint density at radius 2 is 1.85 bits per heavy atom. The monoisotopic (exact) mass is 369 g/mol. The average Bonchev–Trinajstić information content (AvgIpc) is 3.06. The van der Waals surface area contributed by atoms with E-state index >= 15 is 0 Å². The predicted octanol–water partition coefficient (Wildman–Crippen LogP) is 2.50. The van der Waals surface area contributed by atoms with Gasteiger partial charge in [0.05, 0.1) is 11.1 Å². The van der Waals surface area contributed by atoms with Crippen LogP contribution < -0.4 is 10.6 Å². The molecule has 7 heteroatoms. The number of esters is 1. The molecule has 3 amide bonds. The fraction of sp³-hybridized carbons (Fsp3) is 0.400. The number of fused-ring (bicyclic) bond motifs is 2. The Bertz CT molecular complexity index is 907. The standard InChI is InChI=1S/C20H23N3O4/c1-11(2)21-20(26)23-18(24)12(3)27-19(25)17-13-7-4-5-9-15(13)22-16-10-6-8-14(16)17/h4-5,7,9,11-12H,6,8,10H2,1-3H3,(H2,21,23,24,26)/t12-/m1/s1. The molecule has 0 bridgehead atoms. The first-order valence-corrected chi connectivity index (χ1v) is 9.09. The van der Waals surface area contributed by atoms with E-state index in [1.165, 1.54) is 6.92 Å². The quantitative estimate of drug-likeness (QED) is 0.807. The van der Waals surface area contributed by atoms with Gasteiger partial charge in [0.25, 0.3) is 5.91 Å². The van der Waals surface area contributed by atoms with Gasteiger partial charge in [0.1, 0.15) is 0 Å². The third-order valence-corrected chi connectivity index (χ3v) is 4.43. The number of hydrogen-bond acceptors (Lipinski definition) is 5. The zero-order valence-electron chi connectivity index (χ0n) is 15.7. The van der Waals surface area contributed by atoms with Gasteiger partial charge in [0.15, 0.2) is 6.10 Å². The van der Waals surface area contributed by atoms with E-state index in [0.29, 0.717) is 10.9 Å². The van der Waals surface area contributed by atoms with Crippen LogP contribution in [0.2, 0.25) is 0 Å². The van der Waals surface area contributed by atoms with Crippen molar-refractivity contribution in [1.82, 2.24) is 15.6 Å². The van der Waals surface area contributed by atoms with E-state index < -0.39 is 24.0 Å². The number of hydrogen-bond donors (Lipinski definition) is 2. The molecule has 0 saturated carbocycles. The van der Waals surface area contributed by atoms with E-state index in [4.69, 9.17) is 4.74 Å². The molecule has 0 fully saturated rings. The van der Waals surface area contributed by atoms with Crippen LogP contribution >= 0.6 is 0 Å². The molecule has 1 aromatic heterocycles. The first kappa shape index (κ1) is 18.8. The van der Waals surface area contributed by atoms with Crippen LogP contribution in [0.1, 0.15) is 48.8 Å².